The topological polar surface area (TPSA) is 54.0 Å². The molecule has 0 saturated heterocycles. The summed E-state index contributed by atoms with van der Waals surface area (Å²) >= 11 is 3.43. The van der Waals surface area contributed by atoms with Crippen LogP contribution in [0.3, 0.4) is 0 Å². The van der Waals surface area contributed by atoms with E-state index < -0.39 is 0 Å². The van der Waals surface area contributed by atoms with Gasteiger partial charge in [-0.1, -0.05) is 6.07 Å². The monoisotopic (exact) mass is 319 g/mol. The number of nitrogens with one attached hydrogen (secondary N) is 2. The maximum absolute atomic E-state index is 12.0. The van der Waals surface area contributed by atoms with E-state index in [1.54, 1.807) is 19.3 Å². The fraction of sp³-hybridized carbons (Fsp3) is 0.143. The first kappa shape index (κ1) is 13.5. The lowest BCUT2D eigenvalue weighted by Crippen LogP contribution is -2.14. The summed E-state index contributed by atoms with van der Waals surface area (Å²) in [5.74, 6) is -0.229. The largest absolute Gasteiger partial charge is 0.387 e. The highest BCUT2D eigenvalue weighted by molar-refractivity contribution is 9.10. The number of benzene rings is 1. The summed E-state index contributed by atoms with van der Waals surface area (Å²) in [6.07, 6.45) is 1.62. The van der Waals surface area contributed by atoms with Crippen LogP contribution in [-0.4, -0.2) is 17.9 Å². The van der Waals surface area contributed by atoms with Gasteiger partial charge in [0.25, 0.3) is 5.91 Å². The van der Waals surface area contributed by atoms with E-state index in [1.807, 2.05) is 31.2 Å². The number of pyridine rings is 1. The van der Waals surface area contributed by atoms with Gasteiger partial charge in [0, 0.05) is 11.5 Å². The maximum Gasteiger partial charge on any atom is 0.274 e. The van der Waals surface area contributed by atoms with Gasteiger partial charge in [-0.2, -0.15) is 0 Å². The molecule has 1 heterocycles. The molecule has 5 heteroatoms. The Kier molecular flexibility index (Phi) is 4.16. The Bertz CT molecular complexity index is 596. The Hall–Kier alpha value is -1.88. The van der Waals surface area contributed by atoms with Crippen molar-refractivity contribution in [3.05, 3.63) is 52.3 Å². The first-order valence-corrected chi connectivity index (χ1v) is 6.61. The molecule has 19 heavy (non-hydrogen) atoms. The minimum absolute atomic E-state index is 0.229. The minimum atomic E-state index is -0.229. The summed E-state index contributed by atoms with van der Waals surface area (Å²) < 4.78 is 0.854. The smallest absolute Gasteiger partial charge is 0.274 e. The average molecular weight is 320 g/mol. The molecule has 98 valence electrons. The SMILES string of the molecule is CNc1ccc(C(=O)Nc2ccc(C)cc2Br)nc1. The summed E-state index contributed by atoms with van der Waals surface area (Å²) in [5.41, 5.74) is 3.11. The van der Waals surface area contributed by atoms with Crippen LogP contribution in [0.25, 0.3) is 0 Å². The van der Waals surface area contributed by atoms with Gasteiger partial charge in [0.1, 0.15) is 5.69 Å². The van der Waals surface area contributed by atoms with Gasteiger partial charge in [-0.25, -0.2) is 4.98 Å². The predicted molar refractivity (Wildman–Crippen MR) is 80.6 cm³/mol. The van der Waals surface area contributed by atoms with Crippen LogP contribution in [0.1, 0.15) is 16.1 Å². The molecule has 2 N–H and O–H groups in total. The minimum Gasteiger partial charge on any atom is -0.387 e. The molecule has 2 rings (SSSR count). The van der Waals surface area contributed by atoms with E-state index in [1.165, 1.54) is 0 Å². The Morgan fingerprint density at radius 1 is 1.26 bits per heavy atom. The van der Waals surface area contributed by atoms with Crippen molar-refractivity contribution in [2.45, 2.75) is 6.92 Å². The Morgan fingerprint density at radius 3 is 2.63 bits per heavy atom. The second-order valence-corrected chi connectivity index (χ2v) is 4.97. The molecule has 0 bridgehead atoms. The fourth-order valence-corrected chi connectivity index (χ4v) is 2.18. The number of amides is 1. The molecule has 0 radical (unpaired) electrons. The van der Waals surface area contributed by atoms with Crippen LogP contribution >= 0.6 is 15.9 Å². The summed E-state index contributed by atoms with van der Waals surface area (Å²) in [4.78, 5) is 16.1. The number of hydrogen-bond donors (Lipinski definition) is 2. The number of aromatic nitrogens is 1. The van der Waals surface area contributed by atoms with Gasteiger partial charge in [-0.15, -0.1) is 0 Å². The standard InChI is InChI=1S/C14H14BrN3O/c1-9-3-5-12(11(15)7-9)18-14(19)13-6-4-10(16-2)8-17-13/h3-8,16H,1-2H3,(H,18,19). The van der Waals surface area contributed by atoms with Crippen LogP contribution < -0.4 is 10.6 Å². The molecule has 1 aromatic heterocycles. The van der Waals surface area contributed by atoms with Gasteiger partial charge in [-0.05, 0) is 52.7 Å². The van der Waals surface area contributed by atoms with E-state index in [0.717, 1.165) is 21.4 Å². The number of carbonyl (C=O) groups is 1. The van der Waals surface area contributed by atoms with Crippen LogP contribution in [0.4, 0.5) is 11.4 Å². The van der Waals surface area contributed by atoms with Crippen molar-refractivity contribution >= 4 is 33.2 Å². The highest BCUT2D eigenvalue weighted by atomic mass is 79.9. The van der Waals surface area contributed by atoms with Crippen LogP contribution in [-0.2, 0) is 0 Å². The van der Waals surface area contributed by atoms with Gasteiger partial charge < -0.3 is 10.6 Å². The van der Waals surface area contributed by atoms with Crippen LogP contribution in [0.15, 0.2) is 41.0 Å². The third kappa shape index (κ3) is 3.32. The van der Waals surface area contributed by atoms with E-state index in [2.05, 4.69) is 31.5 Å². The quantitative estimate of drug-likeness (QED) is 0.911. The molecule has 0 fully saturated rings. The van der Waals surface area contributed by atoms with Gasteiger partial charge in [0.2, 0.25) is 0 Å². The van der Waals surface area contributed by atoms with E-state index in [0.29, 0.717) is 5.69 Å². The number of anilines is 2. The molecular weight excluding hydrogens is 306 g/mol. The molecule has 0 aliphatic carbocycles. The molecule has 1 aromatic carbocycles. The van der Waals surface area contributed by atoms with E-state index in [9.17, 15) is 4.79 Å². The third-order valence-corrected chi connectivity index (χ3v) is 3.31. The van der Waals surface area contributed by atoms with E-state index in [4.69, 9.17) is 0 Å². The van der Waals surface area contributed by atoms with Crippen molar-refractivity contribution in [3.63, 3.8) is 0 Å². The number of nitrogens with zero attached hydrogens (tertiary/aromatic N) is 1. The molecule has 1 amide bonds. The number of hydrogen-bond acceptors (Lipinski definition) is 3. The van der Waals surface area contributed by atoms with Crippen LogP contribution in [0.2, 0.25) is 0 Å². The molecule has 4 nitrogen and oxygen atoms in total. The number of halogens is 1. The lowest BCUT2D eigenvalue weighted by atomic mass is 10.2. The second kappa shape index (κ2) is 5.84. The highest BCUT2D eigenvalue weighted by Gasteiger charge is 2.09. The van der Waals surface area contributed by atoms with Crippen molar-refractivity contribution in [1.29, 1.82) is 0 Å². The number of rotatable bonds is 3. The Balaban J connectivity index is 2.15. The first-order chi connectivity index (χ1) is 9.10. The zero-order valence-corrected chi connectivity index (χ0v) is 12.3. The van der Waals surface area contributed by atoms with Gasteiger partial charge >= 0.3 is 0 Å². The van der Waals surface area contributed by atoms with Crippen molar-refractivity contribution in [2.75, 3.05) is 17.7 Å². The van der Waals surface area contributed by atoms with Gasteiger partial charge in [0.05, 0.1) is 17.6 Å². The van der Waals surface area contributed by atoms with Crippen LogP contribution in [0, 0.1) is 6.92 Å². The Labute approximate surface area is 120 Å². The zero-order chi connectivity index (χ0) is 13.8. The molecular formula is C14H14BrN3O. The van der Waals surface area contributed by atoms with Crippen molar-refractivity contribution in [1.82, 2.24) is 4.98 Å². The summed E-state index contributed by atoms with van der Waals surface area (Å²) in [5, 5.41) is 5.78. The van der Waals surface area contributed by atoms with E-state index >= 15 is 0 Å². The summed E-state index contributed by atoms with van der Waals surface area (Å²) in [7, 11) is 1.81. The predicted octanol–water partition coefficient (Wildman–Crippen LogP) is 3.45. The highest BCUT2D eigenvalue weighted by Crippen LogP contribution is 2.23. The zero-order valence-electron chi connectivity index (χ0n) is 10.7. The van der Waals surface area contributed by atoms with E-state index in [-0.39, 0.29) is 5.91 Å². The first-order valence-electron chi connectivity index (χ1n) is 5.81. The molecule has 0 unspecified atom stereocenters. The molecule has 0 aliphatic rings. The second-order valence-electron chi connectivity index (χ2n) is 4.12. The molecule has 0 saturated carbocycles. The average Bonchev–Trinajstić information content (AvgIpc) is 2.42. The number of aryl methyl sites for hydroxylation is 1. The molecule has 0 spiro atoms. The summed E-state index contributed by atoms with van der Waals surface area (Å²) in [6, 6.07) is 9.25. The normalized spacial score (nSPS) is 10.1. The summed E-state index contributed by atoms with van der Waals surface area (Å²) in [6.45, 7) is 1.99. The lowest BCUT2D eigenvalue weighted by molar-refractivity contribution is 0.102. The van der Waals surface area contributed by atoms with Crippen molar-refractivity contribution < 1.29 is 4.79 Å². The van der Waals surface area contributed by atoms with Crippen LogP contribution in [0.5, 0.6) is 0 Å². The van der Waals surface area contributed by atoms with Gasteiger partial charge in [0.15, 0.2) is 0 Å². The Morgan fingerprint density at radius 2 is 2.05 bits per heavy atom. The van der Waals surface area contributed by atoms with Crippen molar-refractivity contribution in [3.8, 4) is 0 Å². The maximum atomic E-state index is 12.0. The van der Waals surface area contributed by atoms with Gasteiger partial charge in [-0.3, -0.25) is 4.79 Å². The fourth-order valence-electron chi connectivity index (χ4n) is 1.58. The molecule has 0 aliphatic heterocycles. The number of carbonyl (C=O) groups excluding carboxylic acids is 1. The molecule has 0 atom stereocenters. The lowest BCUT2D eigenvalue weighted by Gasteiger charge is -2.08. The molecule has 2 aromatic rings. The van der Waals surface area contributed by atoms with Crippen molar-refractivity contribution in [2.24, 2.45) is 0 Å². The third-order valence-electron chi connectivity index (χ3n) is 2.66.